The summed E-state index contributed by atoms with van der Waals surface area (Å²) in [7, 11) is 0. The molecule has 132 heavy (non-hydrogen) atoms. The Morgan fingerprint density at radius 3 is 0.697 bits per heavy atom. The van der Waals surface area contributed by atoms with Gasteiger partial charge in [-0.15, -0.1) is 0 Å². The maximum absolute atomic E-state index is 12.9. The van der Waals surface area contributed by atoms with Crippen molar-refractivity contribution < 1.29 is 57.2 Å². The molecule has 0 saturated heterocycles. The van der Waals surface area contributed by atoms with E-state index in [1.807, 2.05) is 69.2 Å². The molecule has 24 rings (SSSR count). The third kappa shape index (κ3) is 24.6. The van der Waals surface area contributed by atoms with Gasteiger partial charge in [0, 0.05) is 0 Å². The highest BCUT2D eigenvalue weighted by Crippen LogP contribution is 2.68. The minimum Gasteiger partial charge on any atom is -0.459 e. The highest BCUT2D eigenvalue weighted by Gasteiger charge is 2.66. The Bertz CT molecular complexity index is 3340. The largest absolute Gasteiger partial charge is 0.459 e. The highest BCUT2D eigenvalue weighted by molar-refractivity contribution is 5.78. The molecule has 780 valence electrons. The Balaban J connectivity index is 0.000000779. The van der Waals surface area contributed by atoms with Crippen molar-refractivity contribution in [1.82, 2.24) is 0 Å². The molecule has 12 nitrogen and oxygen atoms in total. The van der Waals surface area contributed by atoms with Crippen LogP contribution in [0.25, 0.3) is 0 Å². The van der Waals surface area contributed by atoms with Gasteiger partial charge in [-0.25, -0.2) is 0 Å². The molecule has 0 heterocycles. The van der Waals surface area contributed by atoms with E-state index in [-0.39, 0.29) is 192 Å². The van der Waals surface area contributed by atoms with Gasteiger partial charge in [-0.2, -0.15) is 0 Å². The second-order valence-electron chi connectivity index (χ2n) is 49.0. The summed E-state index contributed by atoms with van der Waals surface area (Å²) in [5.41, 5.74) is -2.19. The zero-order chi connectivity index (χ0) is 87.0. The predicted octanol–water partition coefficient (Wildman–Crippen LogP) is 34.9. The van der Waals surface area contributed by atoms with Crippen molar-refractivity contribution in [2.24, 2.45) is 181 Å². The van der Waals surface area contributed by atoms with Gasteiger partial charge in [-0.3, -0.25) is 28.8 Å². The first-order chi connectivity index (χ1) is 56.6. The molecule has 24 fully saturated rings. The molecular formula is C120H228O12. The van der Waals surface area contributed by atoms with Gasteiger partial charge in [-0.05, 0) is 480 Å². The first-order valence-electron chi connectivity index (χ1n) is 52.0. The molecule has 0 aromatic heterocycles. The molecule has 0 amide bonds. The molecular weight excluding hydrogens is 1630 g/mol. The number of rotatable bonds is 25. The lowest BCUT2D eigenvalue weighted by Gasteiger charge is -2.62. The standard InChI is InChI=1S/2C20H34O2.C18H30O2.2C17H28O2.C16H26O2.12CH4/c1-6-13(3)20(22-18(21)19(4,5)7-2)16-9-14-8-15(11-16)12-17(20)10-14;1-5-7-8-20(22-18(21)19(3,4)6-2)16-10-14-9-15(12-16)13-17(20)11-14;1-5-17(3,4)16(19)20-18(6-2)14-8-12-7-13(10-14)11-15(18)9-12;1-5-16(2,3)15(18)19-17(4)13-7-11-6-12(9-13)10-14(17)8-11;1-4-11(3)16(18)19-17(5-2)14-7-12-6-13(9-14)10-15(17)8-12;1-4-10(2)15(17)18-16(3)13-6-11-5-12(8-13)9-14(16)7-11;;;;;;;;;;;;/h13-17H,6-12H2,1-5H3;14-17H,5-13H2,1-4H3;12-15H,5-11H2,1-4H3;11-14H,5-10H2,1-4H3;11-15H,4-10H2,1-3H3;10-14H,4-9H2,1-3H3;12*1H4. The van der Waals surface area contributed by atoms with Gasteiger partial charge >= 0.3 is 35.8 Å². The summed E-state index contributed by atoms with van der Waals surface area (Å²) in [6, 6.07) is 0. The molecule has 24 bridgehead atoms. The molecule has 0 aromatic rings. The van der Waals surface area contributed by atoms with E-state index in [0.717, 1.165) is 135 Å². The first kappa shape index (κ1) is 127. The highest BCUT2D eigenvalue weighted by atomic mass is 16.6. The Morgan fingerprint density at radius 2 is 0.462 bits per heavy atom. The second-order valence-corrected chi connectivity index (χ2v) is 49.0. The van der Waals surface area contributed by atoms with E-state index in [1.54, 1.807) is 0 Å². The maximum atomic E-state index is 12.9. The monoisotopic (exact) mass is 1860 g/mol. The molecule has 0 aliphatic heterocycles. The van der Waals surface area contributed by atoms with Crippen LogP contribution in [0, 0.1) is 181 Å². The SMILES string of the molecule is C.C.C.C.C.C.C.C.C.C.C.C.CCC(C)(C)C(=O)OC1(C)C2CC3CC(C2)CC1C3.CCC(C)(C)C(=O)OC1(CC)C2CC3CC(C2)CC1C3.CCC(C)C(=O)OC1(C)C2CC3CC(C2)CC1C3.CCC(C)C(=O)OC1(CC)C2CC3CC(C2)CC1C3.CCC(C)C1(OC(=O)C(C)(C)CC)C2CC3CC(C2)CC1C3.CCCCC1(OC(=O)C(C)(C)CC)C2CC3CC(C2)CC1C3. The zero-order valence-corrected chi connectivity index (χ0v) is 81.2. The van der Waals surface area contributed by atoms with Gasteiger partial charge in [0.15, 0.2) is 0 Å². The second kappa shape index (κ2) is 49.5. The lowest BCUT2D eigenvalue weighted by atomic mass is 9.47. The molecule has 24 aliphatic rings. The number of hydrogen-bond donors (Lipinski definition) is 0. The Morgan fingerprint density at radius 1 is 0.258 bits per heavy atom. The molecule has 0 radical (unpaired) electrons. The molecule has 3 unspecified atom stereocenters. The van der Waals surface area contributed by atoms with Crippen molar-refractivity contribution in [3.8, 4) is 0 Å². The van der Waals surface area contributed by atoms with E-state index < -0.39 is 0 Å². The molecule has 24 saturated carbocycles. The number of carbonyl (C=O) groups excluding carboxylic acids is 6. The maximum Gasteiger partial charge on any atom is 0.312 e. The average molecular weight is 1860 g/mol. The summed E-state index contributed by atoms with van der Waals surface area (Å²) < 4.78 is 37.5. The van der Waals surface area contributed by atoms with Crippen molar-refractivity contribution in [3.05, 3.63) is 0 Å². The van der Waals surface area contributed by atoms with E-state index in [2.05, 4.69) is 90.0 Å². The Labute approximate surface area is 821 Å². The average Bonchev–Trinajstić information content (AvgIpc) is 0.726. The Kier molecular flexibility index (Phi) is 47.5. The number of hydrogen-bond acceptors (Lipinski definition) is 12. The summed E-state index contributed by atoms with van der Waals surface area (Å²) in [5, 5.41) is 0. The van der Waals surface area contributed by atoms with Crippen LogP contribution in [0.1, 0.15) is 518 Å². The fourth-order valence-corrected chi connectivity index (χ4v) is 31.3. The summed E-state index contributed by atoms with van der Waals surface area (Å²) in [6.45, 7) is 48.4. The third-order valence-electron chi connectivity index (χ3n) is 40.4. The van der Waals surface area contributed by atoms with Gasteiger partial charge in [0.2, 0.25) is 0 Å². The van der Waals surface area contributed by atoms with Crippen molar-refractivity contribution in [1.29, 1.82) is 0 Å². The van der Waals surface area contributed by atoms with Gasteiger partial charge < -0.3 is 28.4 Å². The van der Waals surface area contributed by atoms with Crippen LogP contribution in [-0.2, 0) is 57.2 Å². The van der Waals surface area contributed by atoms with Crippen LogP contribution in [0.4, 0.5) is 0 Å². The van der Waals surface area contributed by atoms with E-state index in [9.17, 15) is 28.8 Å². The first-order valence-corrected chi connectivity index (χ1v) is 52.0. The van der Waals surface area contributed by atoms with Crippen molar-refractivity contribution in [3.63, 3.8) is 0 Å². The zero-order valence-electron chi connectivity index (χ0n) is 81.2. The van der Waals surface area contributed by atoms with Crippen molar-refractivity contribution >= 4 is 35.8 Å². The predicted molar refractivity (Wildman–Crippen MR) is 562 cm³/mol. The van der Waals surface area contributed by atoms with Crippen LogP contribution in [-0.4, -0.2) is 69.4 Å². The molecule has 0 spiro atoms. The van der Waals surface area contributed by atoms with Crippen LogP contribution in [0.5, 0.6) is 0 Å². The van der Waals surface area contributed by atoms with E-state index in [4.69, 9.17) is 28.4 Å². The lowest BCUT2D eigenvalue weighted by molar-refractivity contribution is -0.234. The summed E-state index contributed by atoms with van der Waals surface area (Å²) in [6.07, 6.45) is 51.8. The summed E-state index contributed by atoms with van der Waals surface area (Å²) in [5.74, 6) is 19.6. The summed E-state index contributed by atoms with van der Waals surface area (Å²) >= 11 is 0. The van der Waals surface area contributed by atoms with Crippen LogP contribution in [0.3, 0.4) is 0 Å². The molecule has 0 N–H and O–H groups in total. The number of esters is 6. The van der Waals surface area contributed by atoms with Gasteiger partial charge in [-0.1, -0.05) is 186 Å². The van der Waals surface area contributed by atoms with E-state index in [0.29, 0.717) is 76.9 Å². The van der Waals surface area contributed by atoms with Crippen molar-refractivity contribution in [2.45, 2.75) is 552 Å². The summed E-state index contributed by atoms with van der Waals surface area (Å²) in [4.78, 5) is 75.3. The normalized spacial score (nSPS) is 39.4. The topological polar surface area (TPSA) is 158 Å². The molecule has 12 heteroatoms. The molecule has 3 atom stereocenters. The number of unbranched alkanes of at least 4 members (excludes halogenated alkanes) is 1. The minimum absolute atomic E-state index is 0. The fourth-order valence-electron chi connectivity index (χ4n) is 31.3. The number of ether oxygens (including phenoxy) is 6. The van der Waals surface area contributed by atoms with Crippen LogP contribution < -0.4 is 0 Å². The van der Waals surface area contributed by atoms with Gasteiger partial charge in [0.25, 0.3) is 0 Å². The number of carbonyl (C=O) groups is 6. The molecule has 24 aliphatic carbocycles. The lowest BCUT2D eigenvalue weighted by Crippen LogP contribution is -2.63. The van der Waals surface area contributed by atoms with Crippen LogP contribution >= 0.6 is 0 Å². The van der Waals surface area contributed by atoms with Gasteiger partial charge in [0.1, 0.15) is 33.6 Å². The minimum atomic E-state index is -0.352. The van der Waals surface area contributed by atoms with E-state index in [1.165, 1.54) is 205 Å². The third-order valence-corrected chi connectivity index (χ3v) is 40.4. The van der Waals surface area contributed by atoms with E-state index >= 15 is 0 Å². The molecule has 0 aromatic carbocycles. The fraction of sp³-hybridized carbons (Fsp3) is 0.950. The van der Waals surface area contributed by atoms with Crippen LogP contribution in [0.15, 0.2) is 0 Å². The smallest absolute Gasteiger partial charge is 0.312 e. The van der Waals surface area contributed by atoms with Crippen LogP contribution in [0.2, 0.25) is 0 Å². The Hall–Kier alpha value is -3.18. The quantitative estimate of drug-likeness (QED) is 0.0630. The van der Waals surface area contributed by atoms with Crippen molar-refractivity contribution in [2.75, 3.05) is 0 Å². The van der Waals surface area contributed by atoms with Gasteiger partial charge in [0.05, 0.1) is 33.5 Å².